The summed E-state index contributed by atoms with van der Waals surface area (Å²) in [6.07, 6.45) is 5.08. The lowest BCUT2D eigenvalue weighted by atomic mass is 9.87. The number of rotatable bonds is 5. The molecule has 0 bridgehead atoms. The number of benzene rings is 1. The quantitative estimate of drug-likeness (QED) is 0.586. The first kappa shape index (κ1) is 20.1. The Bertz CT molecular complexity index is 1100. The molecule has 2 fully saturated rings. The smallest absolute Gasteiger partial charge is 0.306 e. The fourth-order valence-corrected chi connectivity index (χ4v) is 4.82. The van der Waals surface area contributed by atoms with Gasteiger partial charge in [-0.15, -0.1) is 0 Å². The van der Waals surface area contributed by atoms with Crippen LogP contribution in [0.3, 0.4) is 0 Å². The number of aromatic nitrogens is 3. The number of ether oxygens (including phenoxy) is 1. The van der Waals surface area contributed by atoms with Crippen molar-refractivity contribution in [2.75, 3.05) is 18.0 Å². The van der Waals surface area contributed by atoms with Gasteiger partial charge in [0.2, 0.25) is 0 Å². The second-order valence-electron chi connectivity index (χ2n) is 8.40. The Labute approximate surface area is 185 Å². The van der Waals surface area contributed by atoms with Crippen molar-refractivity contribution >= 4 is 34.4 Å². The van der Waals surface area contributed by atoms with E-state index in [0.717, 1.165) is 18.7 Å². The summed E-state index contributed by atoms with van der Waals surface area (Å²) in [5, 5.41) is 9.70. The van der Waals surface area contributed by atoms with Crippen LogP contribution in [0.4, 0.5) is 5.69 Å². The predicted octanol–water partition coefficient (Wildman–Crippen LogP) is 4.90. The second kappa shape index (κ2) is 8.38. The molecule has 8 heteroatoms. The number of carboxylic acids is 1. The molecule has 2 N–H and O–H groups in total. The van der Waals surface area contributed by atoms with Gasteiger partial charge in [0.05, 0.1) is 16.6 Å². The molecule has 2 aromatic heterocycles. The molecular formula is C23H25ClN4O3. The van der Waals surface area contributed by atoms with E-state index in [9.17, 15) is 4.79 Å². The van der Waals surface area contributed by atoms with Gasteiger partial charge in [-0.3, -0.25) is 9.78 Å². The number of pyridine rings is 1. The van der Waals surface area contributed by atoms with Gasteiger partial charge >= 0.3 is 5.97 Å². The van der Waals surface area contributed by atoms with Crippen molar-refractivity contribution in [1.29, 1.82) is 0 Å². The van der Waals surface area contributed by atoms with E-state index in [2.05, 4.69) is 27.0 Å². The maximum atomic E-state index is 11.1. The summed E-state index contributed by atoms with van der Waals surface area (Å²) in [6, 6.07) is 10.5. The van der Waals surface area contributed by atoms with E-state index in [1.165, 1.54) is 18.5 Å². The summed E-state index contributed by atoms with van der Waals surface area (Å²) in [5.74, 6) is -0.989. The molecule has 31 heavy (non-hydrogen) atoms. The highest BCUT2D eigenvalue weighted by Gasteiger charge is 2.27. The topological polar surface area (TPSA) is 91.3 Å². The maximum Gasteiger partial charge on any atom is 0.306 e. The number of aromatic amines is 1. The van der Waals surface area contributed by atoms with Gasteiger partial charge in [0.15, 0.2) is 5.65 Å². The molecule has 3 heterocycles. The lowest BCUT2D eigenvalue weighted by molar-refractivity contribution is -0.143. The Kier molecular flexibility index (Phi) is 5.44. The minimum atomic E-state index is -0.720. The number of hydrogen-bond acceptors (Lipinski definition) is 5. The zero-order chi connectivity index (χ0) is 21.4. The molecule has 0 unspecified atom stereocenters. The number of nitrogens with one attached hydrogen (secondary N) is 1. The zero-order valence-corrected chi connectivity index (χ0v) is 17.9. The van der Waals surface area contributed by atoms with Crippen LogP contribution < -0.4 is 9.64 Å². The first-order valence-corrected chi connectivity index (χ1v) is 11.3. The molecule has 5 rings (SSSR count). The number of nitrogens with zero attached hydrogens (tertiary/aromatic N) is 3. The van der Waals surface area contributed by atoms with Crippen LogP contribution in [0.1, 0.15) is 38.5 Å². The van der Waals surface area contributed by atoms with Gasteiger partial charge in [0, 0.05) is 24.3 Å². The van der Waals surface area contributed by atoms with Gasteiger partial charge in [-0.1, -0.05) is 23.7 Å². The molecule has 162 valence electrons. The molecule has 1 aliphatic heterocycles. The minimum Gasteiger partial charge on any atom is -0.481 e. The lowest BCUT2D eigenvalue weighted by Gasteiger charge is -2.25. The van der Waals surface area contributed by atoms with E-state index in [-0.39, 0.29) is 12.0 Å². The summed E-state index contributed by atoms with van der Waals surface area (Å²) < 4.78 is 5.99. The van der Waals surface area contributed by atoms with Gasteiger partial charge in [0.1, 0.15) is 11.6 Å². The van der Waals surface area contributed by atoms with E-state index in [4.69, 9.17) is 26.4 Å². The first-order chi connectivity index (χ1) is 15.1. The number of carbonyl (C=O) groups is 1. The Morgan fingerprint density at radius 1 is 1.13 bits per heavy atom. The van der Waals surface area contributed by atoms with Crippen molar-refractivity contribution in [2.45, 2.75) is 44.6 Å². The van der Waals surface area contributed by atoms with Crippen molar-refractivity contribution in [3.05, 3.63) is 35.4 Å². The van der Waals surface area contributed by atoms with Crippen molar-refractivity contribution in [1.82, 2.24) is 15.0 Å². The highest BCUT2D eigenvalue weighted by molar-refractivity contribution is 6.33. The predicted molar refractivity (Wildman–Crippen MR) is 120 cm³/mol. The third-order valence-electron chi connectivity index (χ3n) is 6.30. The van der Waals surface area contributed by atoms with Crippen molar-refractivity contribution in [3.8, 4) is 17.3 Å². The SMILES string of the molecule is O=C(O)[C@H]1CC[C@H](Oc2nc3cc(Cl)c(-c4cccc(N5CCCC5)c4)nc3[nH]2)CC1. The van der Waals surface area contributed by atoms with E-state index < -0.39 is 5.97 Å². The van der Waals surface area contributed by atoms with Crippen LogP contribution in [-0.2, 0) is 4.79 Å². The van der Waals surface area contributed by atoms with Crippen LogP contribution in [-0.4, -0.2) is 45.2 Å². The average molecular weight is 441 g/mol. The number of carboxylic acid groups (broad SMARTS) is 1. The van der Waals surface area contributed by atoms with E-state index in [0.29, 0.717) is 53.6 Å². The normalized spacial score (nSPS) is 21.5. The Balaban J connectivity index is 1.36. The molecule has 0 spiro atoms. The third-order valence-corrected chi connectivity index (χ3v) is 6.58. The molecule has 3 aromatic rings. The summed E-state index contributed by atoms with van der Waals surface area (Å²) in [7, 11) is 0. The number of aliphatic carboxylic acids is 1. The van der Waals surface area contributed by atoms with Crippen LogP contribution in [0.2, 0.25) is 5.02 Å². The van der Waals surface area contributed by atoms with Crippen LogP contribution in [0.15, 0.2) is 30.3 Å². The number of imidazole rings is 1. The van der Waals surface area contributed by atoms with Crippen molar-refractivity contribution in [3.63, 3.8) is 0 Å². The van der Waals surface area contributed by atoms with E-state index in [1.54, 1.807) is 0 Å². The Hall–Kier alpha value is -2.80. The molecule has 1 aromatic carbocycles. The van der Waals surface area contributed by atoms with Crippen LogP contribution in [0.5, 0.6) is 6.01 Å². The van der Waals surface area contributed by atoms with Gasteiger partial charge in [-0.05, 0) is 56.7 Å². The molecule has 0 amide bonds. The molecule has 1 saturated carbocycles. The highest BCUT2D eigenvalue weighted by atomic mass is 35.5. The minimum absolute atomic E-state index is 0.0387. The maximum absolute atomic E-state index is 11.1. The fourth-order valence-electron chi connectivity index (χ4n) is 4.56. The summed E-state index contributed by atoms with van der Waals surface area (Å²) in [6.45, 7) is 2.17. The molecule has 1 saturated heterocycles. The lowest BCUT2D eigenvalue weighted by Crippen LogP contribution is -2.28. The second-order valence-corrected chi connectivity index (χ2v) is 8.81. The number of fused-ring (bicyclic) bond motifs is 1. The monoisotopic (exact) mass is 440 g/mol. The van der Waals surface area contributed by atoms with Gasteiger partial charge < -0.3 is 14.7 Å². The molecule has 1 aliphatic carbocycles. The summed E-state index contributed by atoms with van der Waals surface area (Å²) in [4.78, 5) is 25.9. The largest absolute Gasteiger partial charge is 0.481 e. The first-order valence-electron chi connectivity index (χ1n) is 10.9. The third kappa shape index (κ3) is 4.19. The van der Waals surface area contributed by atoms with Gasteiger partial charge in [-0.25, -0.2) is 4.98 Å². The van der Waals surface area contributed by atoms with Gasteiger partial charge in [-0.2, -0.15) is 4.98 Å². The molecule has 7 nitrogen and oxygen atoms in total. The van der Waals surface area contributed by atoms with Crippen LogP contribution in [0, 0.1) is 5.92 Å². The molecule has 0 atom stereocenters. The van der Waals surface area contributed by atoms with Crippen LogP contribution in [0.25, 0.3) is 22.4 Å². The summed E-state index contributed by atoms with van der Waals surface area (Å²) >= 11 is 6.57. The van der Waals surface area contributed by atoms with Crippen LogP contribution >= 0.6 is 11.6 Å². The number of H-pyrrole nitrogens is 1. The van der Waals surface area contributed by atoms with Gasteiger partial charge in [0.25, 0.3) is 6.01 Å². The Morgan fingerprint density at radius 2 is 1.90 bits per heavy atom. The molecular weight excluding hydrogens is 416 g/mol. The van der Waals surface area contributed by atoms with E-state index >= 15 is 0 Å². The van der Waals surface area contributed by atoms with Crippen molar-refractivity contribution in [2.24, 2.45) is 5.92 Å². The molecule has 0 radical (unpaired) electrons. The van der Waals surface area contributed by atoms with Crippen molar-refractivity contribution < 1.29 is 14.6 Å². The molecule has 2 aliphatic rings. The number of anilines is 1. The van der Waals surface area contributed by atoms with E-state index in [1.807, 2.05) is 18.2 Å². The summed E-state index contributed by atoms with van der Waals surface area (Å²) in [5.41, 5.74) is 4.16. The Morgan fingerprint density at radius 3 is 2.65 bits per heavy atom. The number of hydrogen-bond donors (Lipinski definition) is 2. The highest BCUT2D eigenvalue weighted by Crippen LogP contribution is 2.33. The number of halogens is 1. The average Bonchev–Trinajstić information content (AvgIpc) is 3.43. The fraction of sp³-hybridized carbons (Fsp3) is 0.435. The zero-order valence-electron chi connectivity index (χ0n) is 17.2. The standard InChI is InChI=1S/C23H25ClN4O3/c24-18-13-19-21(27-23(25-19)31-17-8-6-14(7-9-17)22(29)30)26-20(18)15-4-3-5-16(12-15)28-10-1-2-11-28/h3-5,12-14,17H,1-2,6-11H2,(H,29,30)(H,25,26,27)/t14-,17-.